The number of hydrogen-bond donors (Lipinski definition) is 0. The fourth-order valence-electron chi connectivity index (χ4n) is 3.51. The quantitative estimate of drug-likeness (QED) is 0.813. The van der Waals surface area contributed by atoms with Crippen molar-refractivity contribution in [2.75, 3.05) is 31.9 Å². The first-order valence-electron chi connectivity index (χ1n) is 8.64. The average molecular weight is 356 g/mol. The normalized spacial score (nSPS) is 16.8. The third kappa shape index (κ3) is 3.67. The predicted molar refractivity (Wildman–Crippen MR) is 95.8 cm³/mol. The SMILES string of the molecule is CCCS(=O)(=O)N1CCN(C(=O)c2cc(C)n(C(C)C)c2C)CC1. The van der Waals surface area contributed by atoms with Crippen LogP contribution in [0, 0.1) is 13.8 Å². The van der Waals surface area contributed by atoms with Crippen LogP contribution in [0.15, 0.2) is 6.07 Å². The Kier molecular flexibility index (Phi) is 5.75. The van der Waals surface area contributed by atoms with Gasteiger partial charge in [0.25, 0.3) is 5.91 Å². The summed E-state index contributed by atoms with van der Waals surface area (Å²) in [6.45, 7) is 11.7. The summed E-state index contributed by atoms with van der Waals surface area (Å²) in [5, 5.41) is 0. The average Bonchev–Trinajstić information content (AvgIpc) is 2.81. The van der Waals surface area contributed by atoms with Crippen LogP contribution in [-0.4, -0.2) is 60.0 Å². The van der Waals surface area contributed by atoms with E-state index in [0.29, 0.717) is 38.6 Å². The van der Waals surface area contributed by atoms with Gasteiger partial charge in [-0.1, -0.05) is 6.92 Å². The van der Waals surface area contributed by atoms with Crippen molar-refractivity contribution in [1.82, 2.24) is 13.8 Å². The number of sulfonamides is 1. The molecule has 1 aromatic heterocycles. The van der Waals surface area contributed by atoms with Crippen LogP contribution < -0.4 is 0 Å². The maximum absolute atomic E-state index is 12.8. The maximum atomic E-state index is 12.8. The van der Waals surface area contributed by atoms with Gasteiger partial charge in [0.05, 0.1) is 11.3 Å². The van der Waals surface area contributed by atoms with Gasteiger partial charge in [-0.3, -0.25) is 4.79 Å². The summed E-state index contributed by atoms with van der Waals surface area (Å²) in [6.07, 6.45) is 0.614. The van der Waals surface area contributed by atoms with E-state index < -0.39 is 10.0 Å². The monoisotopic (exact) mass is 355 g/mol. The van der Waals surface area contributed by atoms with Crippen LogP contribution >= 0.6 is 0 Å². The Hall–Kier alpha value is -1.34. The number of carbonyl (C=O) groups is 1. The topological polar surface area (TPSA) is 62.6 Å². The van der Waals surface area contributed by atoms with E-state index >= 15 is 0 Å². The fourth-order valence-corrected chi connectivity index (χ4v) is 5.01. The summed E-state index contributed by atoms with van der Waals surface area (Å²) in [4.78, 5) is 14.6. The first-order valence-corrected chi connectivity index (χ1v) is 10.3. The standard InChI is InChI=1S/C17H29N3O3S/c1-6-11-24(22,23)19-9-7-18(8-10-19)17(21)16-12-14(4)20(13(2)3)15(16)5/h12-13H,6-11H2,1-5H3. The van der Waals surface area contributed by atoms with Crippen LogP contribution in [0.3, 0.4) is 0 Å². The van der Waals surface area contributed by atoms with Gasteiger partial charge in [-0.15, -0.1) is 0 Å². The largest absolute Gasteiger partial charge is 0.346 e. The minimum atomic E-state index is -3.18. The Morgan fingerprint density at radius 3 is 2.21 bits per heavy atom. The lowest BCUT2D eigenvalue weighted by Crippen LogP contribution is -2.51. The highest BCUT2D eigenvalue weighted by atomic mass is 32.2. The maximum Gasteiger partial charge on any atom is 0.255 e. The molecule has 0 atom stereocenters. The molecule has 0 unspecified atom stereocenters. The van der Waals surface area contributed by atoms with E-state index in [-0.39, 0.29) is 11.7 Å². The molecule has 2 heterocycles. The lowest BCUT2D eigenvalue weighted by atomic mass is 10.2. The van der Waals surface area contributed by atoms with Gasteiger partial charge in [0, 0.05) is 43.6 Å². The lowest BCUT2D eigenvalue weighted by Gasteiger charge is -2.34. The molecular weight excluding hydrogens is 326 g/mol. The molecule has 7 heteroatoms. The van der Waals surface area contributed by atoms with Crippen molar-refractivity contribution >= 4 is 15.9 Å². The smallest absolute Gasteiger partial charge is 0.255 e. The van der Waals surface area contributed by atoms with Crippen LogP contribution in [0.4, 0.5) is 0 Å². The highest BCUT2D eigenvalue weighted by Gasteiger charge is 2.30. The van der Waals surface area contributed by atoms with E-state index in [1.165, 1.54) is 4.31 Å². The van der Waals surface area contributed by atoms with Gasteiger partial charge in [-0.25, -0.2) is 8.42 Å². The van der Waals surface area contributed by atoms with Crippen LogP contribution in [0.5, 0.6) is 0 Å². The highest BCUT2D eigenvalue weighted by Crippen LogP contribution is 2.22. The molecule has 1 amide bonds. The second kappa shape index (κ2) is 7.27. The zero-order valence-corrected chi connectivity index (χ0v) is 16.2. The molecule has 24 heavy (non-hydrogen) atoms. The number of amides is 1. The van der Waals surface area contributed by atoms with Gasteiger partial charge in [0.15, 0.2) is 0 Å². The van der Waals surface area contributed by atoms with Crippen molar-refractivity contribution in [3.63, 3.8) is 0 Å². The molecule has 136 valence electrons. The first-order chi connectivity index (χ1) is 11.2. The fraction of sp³-hybridized carbons (Fsp3) is 0.706. The van der Waals surface area contributed by atoms with E-state index in [4.69, 9.17) is 0 Å². The van der Waals surface area contributed by atoms with Gasteiger partial charge in [-0.2, -0.15) is 4.31 Å². The molecular formula is C17H29N3O3S. The van der Waals surface area contributed by atoms with Crippen LogP contribution in [-0.2, 0) is 10.0 Å². The van der Waals surface area contributed by atoms with Gasteiger partial charge >= 0.3 is 0 Å². The second-order valence-corrected chi connectivity index (χ2v) is 8.84. The minimum Gasteiger partial charge on any atom is -0.346 e. The third-order valence-electron chi connectivity index (χ3n) is 4.61. The van der Waals surface area contributed by atoms with Crippen molar-refractivity contribution in [3.05, 3.63) is 23.0 Å². The zero-order valence-electron chi connectivity index (χ0n) is 15.4. The van der Waals surface area contributed by atoms with Crippen molar-refractivity contribution in [2.24, 2.45) is 0 Å². The van der Waals surface area contributed by atoms with E-state index in [1.807, 2.05) is 26.8 Å². The van der Waals surface area contributed by atoms with E-state index in [9.17, 15) is 13.2 Å². The van der Waals surface area contributed by atoms with Crippen molar-refractivity contribution in [2.45, 2.75) is 47.1 Å². The van der Waals surface area contributed by atoms with Gasteiger partial charge in [-0.05, 0) is 40.2 Å². The summed E-state index contributed by atoms with van der Waals surface area (Å²) >= 11 is 0. The molecule has 6 nitrogen and oxygen atoms in total. The highest BCUT2D eigenvalue weighted by molar-refractivity contribution is 7.89. The number of rotatable bonds is 5. The van der Waals surface area contributed by atoms with Crippen molar-refractivity contribution in [1.29, 1.82) is 0 Å². The summed E-state index contributed by atoms with van der Waals surface area (Å²) in [5.74, 6) is 0.179. The van der Waals surface area contributed by atoms with Crippen LogP contribution in [0.2, 0.25) is 0 Å². The zero-order chi connectivity index (χ0) is 18.1. The van der Waals surface area contributed by atoms with Crippen molar-refractivity contribution in [3.8, 4) is 0 Å². The van der Waals surface area contributed by atoms with Crippen LogP contribution in [0.25, 0.3) is 0 Å². The molecule has 1 saturated heterocycles. The molecule has 1 aliphatic rings. The Bertz CT molecular complexity index is 699. The summed E-state index contributed by atoms with van der Waals surface area (Å²) in [6, 6.07) is 2.25. The summed E-state index contributed by atoms with van der Waals surface area (Å²) in [5.41, 5.74) is 2.79. The van der Waals surface area contributed by atoms with E-state index in [0.717, 1.165) is 17.0 Å². The Morgan fingerprint density at radius 1 is 1.17 bits per heavy atom. The minimum absolute atomic E-state index is 0.00235. The molecule has 0 radical (unpaired) electrons. The first kappa shape index (κ1) is 19.0. The summed E-state index contributed by atoms with van der Waals surface area (Å²) in [7, 11) is -3.18. The molecule has 0 aromatic carbocycles. The predicted octanol–water partition coefficient (Wildman–Crippen LogP) is 2.18. The van der Waals surface area contributed by atoms with Crippen molar-refractivity contribution < 1.29 is 13.2 Å². The Labute approximate surface area is 145 Å². The van der Waals surface area contributed by atoms with E-state index in [1.54, 1.807) is 4.90 Å². The molecule has 0 aliphatic carbocycles. The molecule has 1 aromatic rings. The van der Waals surface area contributed by atoms with Gasteiger partial charge in [0.1, 0.15) is 0 Å². The van der Waals surface area contributed by atoms with Crippen LogP contribution in [0.1, 0.15) is 55.0 Å². The summed E-state index contributed by atoms with van der Waals surface area (Å²) < 4.78 is 27.9. The number of carbonyl (C=O) groups excluding carboxylic acids is 1. The Balaban J connectivity index is 2.10. The van der Waals surface area contributed by atoms with Gasteiger partial charge in [0.2, 0.25) is 10.0 Å². The molecule has 2 rings (SSSR count). The number of aromatic nitrogens is 1. The number of aryl methyl sites for hydroxylation is 1. The third-order valence-corrected chi connectivity index (χ3v) is 6.69. The number of hydrogen-bond acceptors (Lipinski definition) is 3. The second-order valence-electron chi connectivity index (χ2n) is 6.76. The number of nitrogens with zero attached hydrogens (tertiary/aromatic N) is 3. The molecule has 0 spiro atoms. The lowest BCUT2D eigenvalue weighted by molar-refractivity contribution is 0.0697. The van der Waals surface area contributed by atoms with Gasteiger partial charge < -0.3 is 9.47 Å². The molecule has 1 fully saturated rings. The molecule has 1 aliphatic heterocycles. The van der Waals surface area contributed by atoms with E-state index in [2.05, 4.69) is 18.4 Å². The molecule has 0 bridgehead atoms. The molecule has 0 N–H and O–H groups in total. The Morgan fingerprint density at radius 2 is 1.75 bits per heavy atom. The molecule has 0 saturated carbocycles. The number of piperazine rings is 1.